The van der Waals surface area contributed by atoms with Crippen LogP contribution in [-0.4, -0.2) is 74.0 Å². The summed E-state index contributed by atoms with van der Waals surface area (Å²) in [5.41, 5.74) is 3.65. The highest BCUT2D eigenvalue weighted by Gasteiger charge is 2.22. The molecule has 0 aliphatic carbocycles. The van der Waals surface area contributed by atoms with Crippen molar-refractivity contribution in [3.05, 3.63) is 51.1 Å². The molecule has 1 aliphatic rings. The first-order valence-electron chi connectivity index (χ1n) is 10.1. The zero-order chi connectivity index (χ0) is 21.8. The number of hydrogen-bond acceptors (Lipinski definition) is 6. The second kappa shape index (κ2) is 10.0. The standard InChI is InChI=1S/C21H24IN5O3S/c1-15-10-16(12-17(22)11-15)14-30-21(28)27-6-4-26(5-7-27)8-9-31(29)18-2-3-19-20(13-18)24-25-23-19/h2-3,10-13H,4-9,14H2,1H3,(H,23,24,25). The van der Waals surface area contributed by atoms with Crippen molar-refractivity contribution in [3.63, 3.8) is 0 Å². The summed E-state index contributed by atoms with van der Waals surface area (Å²) in [6.45, 7) is 5.75. The van der Waals surface area contributed by atoms with Crippen LogP contribution in [0, 0.1) is 10.5 Å². The molecule has 0 spiro atoms. The van der Waals surface area contributed by atoms with E-state index in [1.807, 2.05) is 37.3 Å². The molecule has 1 N–H and O–H groups in total. The van der Waals surface area contributed by atoms with E-state index in [9.17, 15) is 9.00 Å². The van der Waals surface area contributed by atoms with Gasteiger partial charge in [0.2, 0.25) is 0 Å². The van der Waals surface area contributed by atoms with E-state index in [-0.39, 0.29) is 12.7 Å². The number of carbonyl (C=O) groups is 1. The maximum atomic E-state index is 12.6. The Labute approximate surface area is 196 Å². The van der Waals surface area contributed by atoms with Crippen LogP contribution in [0.2, 0.25) is 0 Å². The predicted molar refractivity (Wildman–Crippen MR) is 127 cm³/mol. The lowest BCUT2D eigenvalue weighted by molar-refractivity contribution is 0.0730. The lowest BCUT2D eigenvalue weighted by atomic mass is 10.1. The monoisotopic (exact) mass is 553 g/mol. The summed E-state index contributed by atoms with van der Waals surface area (Å²) < 4.78 is 19.3. The van der Waals surface area contributed by atoms with E-state index in [4.69, 9.17) is 4.74 Å². The van der Waals surface area contributed by atoms with Gasteiger partial charge < -0.3 is 9.64 Å². The van der Waals surface area contributed by atoms with E-state index >= 15 is 0 Å². The Kier molecular flexibility index (Phi) is 7.18. The van der Waals surface area contributed by atoms with Crippen LogP contribution in [0.3, 0.4) is 0 Å². The van der Waals surface area contributed by atoms with Crippen molar-refractivity contribution in [2.24, 2.45) is 0 Å². The normalized spacial score (nSPS) is 15.9. The number of piperazine rings is 1. The maximum Gasteiger partial charge on any atom is 0.410 e. The van der Waals surface area contributed by atoms with Crippen molar-refractivity contribution in [2.45, 2.75) is 18.4 Å². The van der Waals surface area contributed by atoms with Crippen LogP contribution < -0.4 is 0 Å². The molecule has 3 aromatic rings. The highest BCUT2D eigenvalue weighted by atomic mass is 127. The van der Waals surface area contributed by atoms with Gasteiger partial charge >= 0.3 is 6.09 Å². The van der Waals surface area contributed by atoms with Crippen LogP contribution in [0.4, 0.5) is 4.79 Å². The van der Waals surface area contributed by atoms with Crippen LogP contribution >= 0.6 is 22.6 Å². The minimum Gasteiger partial charge on any atom is -0.445 e. The number of nitrogens with one attached hydrogen (secondary N) is 1. The average molecular weight is 553 g/mol. The minimum atomic E-state index is -1.10. The fourth-order valence-electron chi connectivity index (χ4n) is 3.58. The molecule has 1 aromatic heterocycles. The summed E-state index contributed by atoms with van der Waals surface area (Å²) in [4.78, 5) is 17.1. The number of nitrogens with zero attached hydrogens (tertiary/aromatic N) is 4. The molecule has 1 aliphatic heterocycles. The Balaban J connectivity index is 1.21. The molecule has 0 bridgehead atoms. The number of aryl methyl sites for hydroxylation is 1. The number of benzene rings is 2. The van der Waals surface area contributed by atoms with Crippen LogP contribution in [0.15, 0.2) is 41.3 Å². The Morgan fingerprint density at radius 1 is 1.13 bits per heavy atom. The fourth-order valence-corrected chi connectivity index (χ4v) is 5.59. The highest BCUT2D eigenvalue weighted by molar-refractivity contribution is 14.1. The van der Waals surface area contributed by atoms with E-state index in [0.29, 0.717) is 25.4 Å². The molecular weight excluding hydrogens is 529 g/mol. The third-order valence-electron chi connectivity index (χ3n) is 5.24. The van der Waals surface area contributed by atoms with Crippen LogP contribution in [0.1, 0.15) is 11.1 Å². The maximum absolute atomic E-state index is 12.6. The van der Waals surface area contributed by atoms with Gasteiger partial charge in [-0.3, -0.25) is 9.11 Å². The number of fused-ring (bicyclic) bond motifs is 1. The van der Waals surface area contributed by atoms with Crippen molar-refractivity contribution in [1.82, 2.24) is 25.2 Å². The van der Waals surface area contributed by atoms with Crippen LogP contribution in [0.5, 0.6) is 0 Å². The summed E-state index contributed by atoms with van der Waals surface area (Å²) in [6, 6.07) is 11.6. The first kappa shape index (κ1) is 22.2. The number of amides is 1. The van der Waals surface area contributed by atoms with Crippen molar-refractivity contribution < 1.29 is 13.7 Å². The first-order valence-corrected chi connectivity index (χ1v) is 12.5. The molecular formula is C21H24IN5O3S. The molecule has 31 heavy (non-hydrogen) atoms. The molecule has 1 amide bonds. The van der Waals surface area contributed by atoms with Crippen molar-refractivity contribution in [1.29, 1.82) is 0 Å². The largest absolute Gasteiger partial charge is 0.445 e. The predicted octanol–water partition coefficient (Wildman–Crippen LogP) is 2.93. The summed E-state index contributed by atoms with van der Waals surface area (Å²) >= 11 is 2.27. The Hall–Kier alpha value is -2.05. The summed E-state index contributed by atoms with van der Waals surface area (Å²) in [7, 11) is -1.10. The number of ether oxygens (including phenoxy) is 1. The Bertz CT molecular complexity index is 1080. The van der Waals surface area contributed by atoms with Gasteiger partial charge in [-0.15, -0.1) is 0 Å². The third-order valence-corrected chi connectivity index (χ3v) is 7.19. The topological polar surface area (TPSA) is 91.4 Å². The van der Waals surface area contributed by atoms with Gasteiger partial charge in [-0.05, 0) is 71.0 Å². The number of rotatable bonds is 6. The molecule has 164 valence electrons. The smallest absolute Gasteiger partial charge is 0.410 e. The molecule has 4 rings (SSSR count). The second-order valence-electron chi connectivity index (χ2n) is 7.54. The Morgan fingerprint density at radius 2 is 1.90 bits per heavy atom. The average Bonchev–Trinajstić information content (AvgIpc) is 3.23. The zero-order valence-electron chi connectivity index (χ0n) is 17.2. The molecule has 1 fully saturated rings. The molecule has 1 atom stereocenters. The number of hydrogen-bond donors (Lipinski definition) is 1. The number of carbonyl (C=O) groups excluding carboxylic acids is 1. The Morgan fingerprint density at radius 3 is 2.68 bits per heavy atom. The van der Waals surface area contributed by atoms with Gasteiger partial charge in [0.1, 0.15) is 17.6 Å². The highest BCUT2D eigenvalue weighted by Crippen LogP contribution is 2.16. The van der Waals surface area contributed by atoms with Gasteiger partial charge in [-0.2, -0.15) is 15.4 Å². The van der Waals surface area contributed by atoms with E-state index in [1.165, 1.54) is 0 Å². The van der Waals surface area contributed by atoms with Gasteiger partial charge in [0, 0.05) is 46.9 Å². The molecule has 1 saturated heterocycles. The fraction of sp³-hybridized carbons (Fsp3) is 0.381. The van der Waals surface area contributed by atoms with Crippen molar-refractivity contribution in [2.75, 3.05) is 38.5 Å². The molecule has 1 unspecified atom stereocenters. The summed E-state index contributed by atoms with van der Waals surface area (Å²) in [5, 5.41) is 10.6. The van der Waals surface area contributed by atoms with Crippen molar-refractivity contribution >= 4 is 50.5 Å². The molecule has 10 heteroatoms. The van der Waals surface area contributed by atoms with Gasteiger partial charge in [0.25, 0.3) is 0 Å². The molecule has 2 heterocycles. The molecule has 0 radical (unpaired) electrons. The molecule has 8 nitrogen and oxygen atoms in total. The van der Waals surface area contributed by atoms with Crippen LogP contribution in [-0.2, 0) is 22.1 Å². The zero-order valence-corrected chi connectivity index (χ0v) is 20.2. The minimum absolute atomic E-state index is 0.277. The lowest BCUT2D eigenvalue weighted by Gasteiger charge is -2.33. The second-order valence-corrected chi connectivity index (χ2v) is 10.4. The lowest BCUT2D eigenvalue weighted by Crippen LogP contribution is -2.49. The van der Waals surface area contributed by atoms with Gasteiger partial charge in [0.15, 0.2) is 0 Å². The summed E-state index contributed by atoms with van der Waals surface area (Å²) in [5.74, 6) is 0.541. The van der Waals surface area contributed by atoms with Gasteiger partial charge in [-0.1, -0.05) is 6.07 Å². The van der Waals surface area contributed by atoms with Crippen molar-refractivity contribution in [3.8, 4) is 0 Å². The quantitative estimate of drug-likeness (QED) is 0.473. The van der Waals surface area contributed by atoms with Crippen LogP contribution in [0.25, 0.3) is 11.0 Å². The number of aromatic nitrogens is 3. The molecule has 2 aromatic carbocycles. The van der Waals surface area contributed by atoms with E-state index in [1.54, 1.807) is 4.90 Å². The first-order chi connectivity index (χ1) is 15.0. The van der Waals surface area contributed by atoms with E-state index < -0.39 is 10.8 Å². The van der Waals surface area contributed by atoms with Gasteiger partial charge in [0.05, 0.1) is 10.8 Å². The van der Waals surface area contributed by atoms with E-state index in [2.05, 4.69) is 49.0 Å². The number of H-pyrrole nitrogens is 1. The third kappa shape index (κ3) is 5.80. The summed E-state index contributed by atoms with van der Waals surface area (Å²) in [6.07, 6.45) is -0.277. The SMILES string of the molecule is Cc1cc(I)cc(COC(=O)N2CCN(CCS(=O)c3ccc4n[nH]nc4c3)CC2)c1. The number of halogens is 1. The molecule has 0 saturated carbocycles. The van der Waals surface area contributed by atoms with Gasteiger partial charge in [-0.25, -0.2) is 4.79 Å². The van der Waals surface area contributed by atoms with E-state index in [0.717, 1.165) is 43.7 Å². The number of aromatic amines is 1.